The minimum Gasteiger partial charge on any atom is -0.493 e. The number of benzene rings is 1. The fourth-order valence-electron chi connectivity index (χ4n) is 2.11. The molecule has 1 aliphatic rings. The highest BCUT2D eigenvalue weighted by Gasteiger charge is 2.31. The van der Waals surface area contributed by atoms with Crippen molar-refractivity contribution < 1.29 is 14.6 Å². The molecule has 1 aromatic rings. The first-order chi connectivity index (χ1) is 8.55. The Morgan fingerprint density at radius 2 is 2.33 bits per heavy atom. The van der Waals surface area contributed by atoms with Gasteiger partial charge in [-0.2, -0.15) is 0 Å². The highest BCUT2D eigenvalue weighted by atomic mass is 16.5. The molecule has 1 heterocycles. The molecule has 98 valence electrons. The molecule has 1 aliphatic heterocycles. The molecule has 3 N–H and O–H groups in total. The Kier molecular flexibility index (Phi) is 3.57. The van der Waals surface area contributed by atoms with Gasteiger partial charge in [0, 0.05) is 13.0 Å². The van der Waals surface area contributed by atoms with E-state index in [0.717, 1.165) is 30.8 Å². The Bertz CT molecular complexity index is 458. The minimum absolute atomic E-state index is 0.163. The lowest BCUT2D eigenvalue weighted by Crippen LogP contribution is -2.36. The van der Waals surface area contributed by atoms with Crippen LogP contribution in [0.3, 0.4) is 0 Å². The van der Waals surface area contributed by atoms with E-state index in [1.54, 1.807) is 6.92 Å². The van der Waals surface area contributed by atoms with E-state index in [0.29, 0.717) is 6.42 Å². The van der Waals surface area contributed by atoms with Crippen LogP contribution < -0.4 is 10.5 Å². The number of aryl methyl sites for hydroxylation is 1. The van der Waals surface area contributed by atoms with Gasteiger partial charge in [0.05, 0.1) is 12.0 Å². The number of hydrogen-bond donors (Lipinski definition) is 2. The van der Waals surface area contributed by atoms with Crippen LogP contribution in [0.25, 0.3) is 0 Å². The van der Waals surface area contributed by atoms with Gasteiger partial charge in [0.2, 0.25) is 0 Å². The number of nitrogens with two attached hydrogens (primary N) is 1. The molecule has 18 heavy (non-hydrogen) atoms. The molecule has 0 amide bonds. The summed E-state index contributed by atoms with van der Waals surface area (Å²) in [6.07, 6.45) is 2.22. The van der Waals surface area contributed by atoms with Crippen molar-refractivity contribution in [2.75, 3.05) is 13.2 Å². The molecule has 1 aromatic carbocycles. The maximum Gasteiger partial charge on any atom is 0.310 e. The van der Waals surface area contributed by atoms with Crippen LogP contribution in [0.5, 0.6) is 5.75 Å². The van der Waals surface area contributed by atoms with Gasteiger partial charge in [-0.3, -0.25) is 4.79 Å². The Hall–Kier alpha value is -1.55. The van der Waals surface area contributed by atoms with E-state index in [2.05, 4.69) is 6.07 Å². The van der Waals surface area contributed by atoms with Crippen LogP contribution >= 0.6 is 0 Å². The lowest BCUT2D eigenvalue weighted by molar-refractivity contribution is -0.147. The average molecular weight is 249 g/mol. The van der Waals surface area contributed by atoms with Crippen molar-refractivity contribution in [1.82, 2.24) is 0 Å². The number of ether oxygens (including phenoxy) is 1. The summed E-state index contributed by atoms with van der Waals surface area (Å²) in [6, 6.07) is 6.09. The van der Waals surface area contributed by atoms with Crippen molar-refractivity contribution in [2.45, 2.75) is 26.2 Å². The van der Waals surface area contributed by atoms with Crippen LogP contribution in [-0.4, -0.2) is 24.2 Å². The summed E-state index contributed by atoms with van der Waals surface area (Å²) in [5.74, 6) is 0.132. The smallest absolute Gasteiger partial charge is 0.310 e. The molecule has 0 saturated heterocycles. The fourth-order valence-corrected chi connectivity index (χ4v) is 2.11. The predicted octanol–water partition coefficient (Wildman–Crippen LogP) is 1.60. The Morgan fingerprint density at radius 3 is 3.00 bits per heavy atom. The van der Waals surface area contributed by atoms with Gasteiger partial charge in [-0.25, -0.2) is 0 Å². The standard InChI is InChI=1S/C14H19NO3/c1-14(9-15,13(16)17)6-4-10-2-3-12-11(8-10)5-7-18-12/h2-3,8H,4-7,9,15H2,1H3,(H,16,17). The maximum atomic E-state index is 11.2. The van der Waals surface area contributed by atoms with Gasteiger partial charge >= 0.3 is 5.97 Å². The number of fused-ring (bicyclic) bond motifs is 1. The molecule has 0 bridgehead atoms. The molecule has 2 rings (SSSR count). The van der Waals surface area contributed by atoms with Crippen molar-refractivity contribution in [3.8, 4) is 5.75 Å². The first-order valence-electron chi connectivity index (χ1n) is 6.23. The summed E-state index contributed by atoms with van der Waals surface area (Å²) in [6.45, 7) is 2.61. The van der Waals surface area contributed by atoms with Gasteiger partial charge in [0.1, 0.15) is 5.75 Å². The highest BCUT2D eigenvalue weighted by Crippen LogP contribution is 2.28. The third kappa shape index (κ3) is 2.48. The van der Waals surface area contributed by atoms with E-state index in [1.165, 1.54) is 5.56 Å². The second kappa shape index (κ2) is 4.98. The van der Waals surface area contributed by atoms with Crippen LogP contribution in [0.15, 0.2) is 18.2 Å². The monoisotopic (exact) mass is 249 g/mol. The minimum atomic E-state index is -0.838. The second-order valence-electron chi connectivity index (χ2n) is 5.11. The number of aliphatic carboxylic acids is 1. The largest absolute Gasteiger partial charge is 0.493 e. The molecule has 0 radical (unpaired) electrons. The lowest BCUT2D eigenvalue weighted by Gasteiger charge is -2.22. The van der Waals surface area contributed by atoms with Gasteiger partial charge < -0.3 is 15.6 Å². The Morgan fingerprint density at radius 1 is 1.56 bits per heavy atom. The molecule has 0 aromatic heterocycles. The molecule has 1 atom stereocenters. The molecular formula is C14H19NO3. The van der Waals surface area contributed by atoms with Crippen molar-refractivity contribution in [3.05, 3.63) is 29.3 Å². The molecule has 1 unspecified atom stereocenters. The zero-order valence-corrected chi connectivity index (χ0v) is 10.6. The van der Waals surface area contributed by atoms with E-state index in [-0.39, 0.29) is 6.54 Å². The molecular weight excluding hydrogens is 230 g/mol. The summed E-state index contributed by atoms with van der Waals surface area (Å²) in [5, 5.41) is 9.17. The Balaban J connectivity index is 2.04. The Labute approximate surface area is 107 Å². The number of hydrogen-bond acceptors (Lipinski definition) is 3. The highest BCUT2D eigenvalue weighted by molar-refractivity contribution is 5.74. The topological polar surface area (TPSA) is 72.5 Å². The van der Waals surface area contributed by atoms with Crippen molar-refractivity contribution in [2.24, 2.45) is 11.1 Å². The molecule has 0 saturated carbocycles. The quantitative estimate of drug-likeness (QED) is 0.831. The molecule has 4 heteroatoms. The number of rotatable bonds is 5. The van der Waals surface area contributed by atoms with E-state index in [4.69, 9.17) is 15.6 Å². The predicted molar refractivity (Wildman–Crippen MR) is 68.8 cm³/mol. The van der Waals surface area contributed by atoms with Crippen LogP contribution in [0.1, 0.15) is 24.5 Å². The zero-order valence-electron chi connectivity index (χ0n) is 10.6. The van der Waals surface area contributed by atoms with Gasteiger partial charge in [-0.05, 0) is 37.0 Å². The SMILES string of the molecule is CC(CN)(CCc1ccc2c(c1)CCO2)C(=O)O. The van der Waals surface area contributed by atoms with E-state index >= 15 is 0 Å². The van der Waals surface area contributed by atoms with Crippen LogP contribution in [-0.2, 0) is 17.6 Å². The second-order valence-corrected chi connectivity index (χ2v) is 5.11. The van der Waals surface area contributed by atoms with Gasteiger partial charge in [-0.15, -0.1) is 0 Å². The molecule has 0 aliphatic carbocycles. The van der Waals surface area contributed by atoms with Crippen LogP contribution in [0.4, 0.5) is 0 Å². The fraction of sp³-hybridized carbons (Fsp3) is 0.500. The van der Waals surface area contributed by atoms with Gasteiger partial charge in [0.15, 0.2) is 0 Å². The number of carboxylic acids is 1. The average Bonchev–Trinajstić information content (AvgIpc) is 2.82. The van der Waals surface area contributed by atoms with Crippen molar-refractivity contribution >= 4 is 5.97 Å². The first kappa shape index (κ1) is 12.9. The van der Waals surface area contributed by atoms with E-state index < -0.39 is 11.4 Å². The molecule has 4 nitrogen and oxygen atoms in total. The molecule has 0 fully saturated rings. The maximum absolute atomic E-state index is 11.2. The van der Waals surface area contributed by atoms with Crippen LogP contribution in [0.2, 0.25) is 0 Å². The van der Waals surface area contributed by atoms with Crippen molar-refractivity contribution in [3.63, 3.8) is 0 Å². The zero-order chi connectivity index (χ0) is 13.2. The van der Waals surface area contributed by atoms with Crippen molar-refractivity contribution in [1.29, 1.82) is 0 Å². The normalized spacial score (nSPS) is 16.8. The van der Waals surface area contributed by atoms with Gasteiger partial charge in [-0.1, -0.05) is 12.1 Å². The number of carbonyl (C=O) groups is 1. The van der Waals surface area contributed by atoms with Crippen LogP contribution in [0, 0.1) is 5.41 Å². The van der Waals surface area contributed by atoms with E-state index in [9.17, 15) is 4.79 Å². The summed E-state index contributed by atoms with van der Waals surface area (Å²) < 4.78 is 5.44. The summed E-state index contributed by atoms with van der Waals surface area (Å²) in [5.41, 5.74) is 7.10. The lowest BCUT2D eigenvalue weighted by atomic mass is 9.84. The summed E-state index contributed by atoms with van der Waals surface area (Å²) in [7, 11) is 0. The third-order valence-electron chi connectivity index (χ3n) is 3.69. The first-order valence-corrected chi connectivity index (χ1v) is 6.23. The van der Waals surface area contributed by atoms with Gasteiger partial charge in [0.25, 0.3) is 0 Å². The molecule has 0 spiro atoms. The summed E-state index contributed by atoms with van der Waals surface area (Å²) in [4.78, 5) is 11.2. The third-order valence-corrected chi connectivity index (χ3v) is 3.69. The summed E-state index contributed by atoms with van der Waals surface area (Å²) >= 11 is 0. The van der Waals surface area contributed by atoms with E-state index in [1.807, 2.05) is 12.1 Å². The number of carboxylic acid groups (broad SMARTS) is 1.